The number of pyridine rings is 1. The van der Waals surface area contributed by atoms with Crippen LogP contribution in [0, 0.1) is 0 Å². The van der Waals surface area contributed by atoms with Crippen LogP contribution in [0.1, 0.15) is 17.5 Å². The third-order valence-electron chi connectivity index (χ3n) is 4.45. The van der Waals surface area contributed by atoms with Crippen LogP contribution in [0.3, 0.4) is 0 Å². The van der Waals surface area contributed by atoms with E-state index in [4.69, 9.17) is 0 Å². The fraction of sp³-hybridized carbons (Fsp3) is 0.300. The molecule has 1 atom stereocenters. The molecule has 1 aromatic carbocycles. The van der Waals surface area contributed by atoms with Crippen molar-refractivity contribution in [1.29, 1.82) is 0 Å². The van der Waals surface area contributed by atoms with Gasteiger partial charge in [0.2, 0.25) is 5.91 Å². The van der Waals surface area contributed by atoms with Crippen LogP contribution in [0.2, 0.25) is 0 Å². The average Bonchev–Trinajstić information content (AvgIpc) is 2.94. The van der Waals surface area contributed by atoms with E-state index in [0.29, 0.717) is 25.9 Å². The molecule has 0 spiro atoms. The van der Waals surface area contributed by atoms with E-state index in [-0.39, 0.29) is 18.2 Å². The number of amides is 4. The highest BCUT2D eigenvalue weighted by Crippen LogP contribution is 2.11. The summed E-state index contributed by atoms with van der Waals surface area (Å²) in [4.78, 5) is 41.7. The Bertz CT molecular complexity index is 795. The van der Waals surface area contributed by atoms with Gasteiger partial charge in [-0.3, -0.25) is 19.5 Å². The fourth-order valence-electron chi connectivity index (χ4n) is 2.97. The maximum absolute atomic E-state index is 12.4. The van der Waals surface area contributed by atoms with Gasteiger partial charge < -0.3 is 10.6 Å². The van der Waals surface area contributed by atoms with Gasteiger partial charge in [0.25, 0.3) is 5.91 Å². The molecule has 1 aliphatic heterocycles. The summed E-state index contributed by atoms with van der Waals surface area (Å²) in [6.07, 6.45) is 4.62. The summed E-state index contributed by atoms with van der Waals surface area (Å²) in [5.74, 6) is -0.604. The average molecular weight is 366 g/mol. The second-order valence-electron chi connectivity index (χ2n) is 6.39. The highest BCUT2D eigenvalue weighted by atomic mass is 16.2. The van der Waals surface area contributed by atoms with Crippen molar-refractivity contribution in [2.24, 2.45) is 0 Å². The van der Waals surface area contributed by atoms with Crippen molar-refractivity contribution >= 4 is 17.8 Å². The number of aromatic nitrogens is 1. The van der Waals surface area contributed by atoms with Crippen molar-refractivity contribution in [3.63, 3.8) is 0 Å². The first-order chi connectivity index (χ1) is 13.1. The minimum Gasteiger partial charge on any atom is -0.356 e. The van der Waals surface area contributed by atoms with Crippen LogP contribution in [0.4, 0.5) is 4.79 Å². The first-order valence-electron chi connectivity index (χ1n) is 8.95. The van der Waals surface area contributed by atoms with Crippen LogP contribution < -0.4 is 10.6 Å². The molecule has 1 aromatic heterocycles. The van der Waals surface area contributed by atoms with Crippen LogP contribution in [0.25, 0.3) is 0 Å². The van der Waals surface area contributed by atoms with Crippen molar-refractivity contribution in [1.82, 2.24) is 20.5 Å². The third kappa shape index (κ3) is 5.13. The number of benzene rings is 1. The number of urea groups is 1. The predicted molar refractivity (Wildman–Crippen MR) is 99.7 cm³/mol. The summed E-state index contributed by atoms with van der Waals surface area (Å²) in [7, 11) is 0. The van der Waals surface area contributed by atoms with E-state index in [1.54, 1.807) is 12.4 Å². The van der Waals surface area contributed by atoms with Gasteiger partial charge in [0.05, 0.1) is 6.42 Å². The smallest absolute Gasteiger partial charge is 0.324 e. The maximum Gasteiger partial charge on any atom is 0.324 e. The van der Waals surface area contributed by atoms with E-state index in [0.717, 1.165) is 11.1 Å². The highest BCUT2D eigenvalue weighted by molar-refractivity contribution is 6.05. The Balaban J connectivity index is 1.44. The van der Waals surface area contributed by atoms with Gasteiger partial charge in [-0.1, -0.05) is 30.3 Å². The van der Waals surface area contributed by atoms with E-state index >= 15 is 0 Å². The Morgan fingerprint density at radius 2 is 1.74 bits per heavy atom. The van der Waals surface area contributed by atoms with Crippen molar-refractivity contribution in [3.8, 4) is 0 Å². The van der Waals surface area contributed by atoms with Gasteiger partial charge in [-0.25, -0.2) is 4.79 Å². The first-order valence-corrected chi connectivity index (χ1v) is 8.95. The van der Waals surface area contributed by atoms with Crippen molar-refractivity contribution < 1.29 is 14.4 Å². The molecular weight excluding hydrogens is 344 g/mol. The van der Waals surface area contributed by atoms with E-state index in [9.17, 15) is 14.4 Å². The van der Waals surface area contributed by atoms with Crippen molar-refractivity contribution in [2.45, 2.75) is 25.3 Å². The molecule has 1 aliphatic rings. The molecule has 2 N–H and O–H groups in total. The summed E-state index contributed by atoms with van der Waals surface area (Å²) in [6, 6.07) is 12.2. The number of nitrogens with one attached hydrogen (secondary N) is 2. The Labute approximate surface area is 157 Å². The molecule has 7 nitrogen and oxygen atoms in total. The van der Waals surface area contributed by atoms with Gasteiger partial charge in [-0.05, 0) is 36.1 Å². The molecule has 0 unspecified atom stereocenters. The molecule has 2 heterocycles. The Kier molecular flexibility index (Phi) is 6.14. The van der Waals surface area contributed by atoms with Gasteiger partial charge in [-0.2, -0.15) is 0 Å². The van der Waals surface area contributed by atoms with Crippen LogP contribution in [0.15, 0.2) is 54.9 Å². The quantitative estimate of drug-likeness (QED) is 0.689. The topological polar surface area (TPSA) is 91.4 Å². The standard InChI is InChI=1S/C20H22N4O3/c25-18(22-12-8-16-6-10-21-11-7-16)14-17-19(26)24(20(27)23-17)13-9-15-4-2-1-3-5-15/h1-7,10-11,17H,8-9,12-14H2,(H,22,25)(H,23,27)/t17-/m0/s1. The lowest BCUT2D eigenvalue weighted by atomic mass is 10.1. The molecular formula is C20H22N4O3. The fourth-order valence-corrected chi connectivity index (χ4v) is 2.97. The molecule has 27 heavy (non-hydrogen) atoms. The lowest BCUT2D eigenvalue weighted by molar-refractivity contribution is -0.130. The lowest BCUT2D eigenvalue weighted by Crippen LogP contribution is -2.37. The zero-order valence-corrected chi connectivity index (χ0v) is 14.9. The second-order valence-corrected chi connectivity index (χ2v) is 6.39. The third-order valence-corrected chi connectivity index (χ3v) is 4.45. The summed E-state index contributed by atoms with van der Waals surface area (Å²) in [6.45, 7) is 0.768. The zero-order chi connectivity index (χ0) is 19.1. The number of rotatable bonds is 8. The van der Waals surface area contributed by atoms with E-state index < -0.39 is 12.1 Å². The largest absolute Gasteiger partial charge is 0.356 e. The molecule has 7 heteroatoms. The van der Waals surface area contributed by atoms with E-state index in [2.05, 4.69) is 15.6 Å². The molecule has 0 bridgehead atoms. The minimum absolute atomic E-state index is 0.0528. The number of imide groups is 1. The molecule has 0 saturated carbocycles. The molecule has 1 fully saturated rings. The summed E-state index contributed by atoms with van der Waals surface area (Å²) in [5, 5.41) is 5.38. The highest BCUT2D eigenvalue weighted by Gasteiger charge is 2.38. The SMILES string of the molecule is O=C(C[C@@H]1NC(=O)N(CCc2ccccc2)C1=O)NCCc1ccncc1. The monoisotopic (exact) mass is 366 g/mol. The zero-order valence-electron chi connectivity index (χ0n) is 14.9. The van der Waals surface area contributed by atoms with Gasteiger partial charge in [0.1, 0.15) is 6.04 Å². The Morgan fingerprint density at radius 3 is 2.48 bits per heavy atom. The second kappa shape index (κ2) is 8.93. The van der Waals surface area contributed by atoms with Gasteiger partial charge in [0.15, 0.2) is 0 Å². The summed E-state index contributed by atoms with van der Waals surface area (Å²) < 4.78 is 0. The van der Waals surface area contributed by atoms with E-state index in [1.165, 1.54) is 4.90 Å². The minimum atomic E-state index is -0.797. The number of carbonyl (C=O) groups excluding carboxylic acids is 3. The number of hydrogen-bond acceptors (Lipinski definition) is 4. The van der Waals surface area contributed by atoms with Crippen molar-refractivity contribution in [2.75, 3.05) is 13.1 Å². The molecule has 2 aromatic rings. The number of hydrogen-bond donors (Lipinski definition) is 2. The summed E-state index contributed by atoms with van der Waals surface area (Å²) >= 11 is 0. The van der Waals surface area contributed by atoms with Gasteiger partial charge >= 0.3 is 6.03 Å². The van der Waals surface area contributed by atoms with Gasteiger partial charge in [-0.15, -0.1) is 0 Å². The predicted octanol–water partition coefficient (Wildman–Crippen LogP) is 1.29. The Hall–Kier alpha value is -3.22. The molecule has 3 rings (SSSR count). The Morgan fingerprint density at radius 1 is 1.04 bits per heavy atom. The normalized spacial score (nSPS) is 16.3. The summed E-state index contributed by atoms with van der Waals surface area (Å²) in [5.41, 5.74) is 2.12. The molecule has 4 amide bonds. The van der Waals surface area contributed by atoms with Crippen LogP contribution in [-0.4, -0.2) is 46.9 Å². The van der Waals surface area contributed by atoms with Gasteiger partial charge in [0, 0.05) is 25.5 Å². The lowest BCUT2D eigenvalue weighted by Gasteiger charge is -2.13. The molecule has 140 valence electrons. The van der Waals surface area contributed by atoms with Crippen LogP contribution in [0.5, 0.6) is 0 Å². The van der Waals surface area contributed by atoms with Crippen LogP contribution >= 0.6 is 0 Å². The molecule has 0 radical (unpaired) electrons. The van der Waals surface area contributed by atoms with E-state index in [1.807, 2.05) is 42.5 Å². The molecule has 1 saturated heterocycles. The number of nitrogens with zero attached hydrogens (tertiary/aromatic N) is 2. The maximum atomic E-state index is 12.4. The van der Waals surface area contributed by atoms with Crippen molar-refractivity contribution in [3.05, 3.63) is 66.0 Å². The number of carbonyl (C=O) groups is 3. The molecule has 0 aliphatic carbocycles. The van der Waals surface area contributed by atoms with Crippen LogP contribution in [-0.2, 0) is 22.4 Å². The first kappa shape index (κ1) is 18.6.